The van der Waals surface area contributed by atoms with Crippen molar-refractivity contribution in [2.24, 2.45) is 0 Å². The van der Waals surface area contributed by atoms with Crippen molar-refractivity contribution in [1.29, 1.82) is 0 Å². The predicted molar refractivity (Wildman–Crippen MR) is 87.7 cm³/mol. The summed E-state index contributed by atoms with van der Waals surface area (Å²) < 4.78 is 5.71. The van der Waals surface area contributed by atoms with Crippen molar-refractivity contribution in [2.45, 2.75) is 20.3 Å². The van der Waals surface area contributed by atoms with Gasteiger partial charge in [-0.15, -0.1) is 0 Å². The average Bonchev–Trinajstić information content (AvgIpc) is 2.44. The monoisotopic (exact) mass is 288 g/mol. The molecule has 0 aromatic heterocycles. The third-order valence-corrected chi connectivity index (χ3v) is 2.99. The highest BCUT2D eigenvalue weighted by molar-refractivity contribution is 7.83. The Morgan fingerprint density at radius 3 is 2.75 bits per heavy atom. The lowest BCUT2D eigenvalue weighted by Crippen LogP contribution is -2.01. The summed E-state index contributed by atoms with van der Waals surface area (Å²) in [4.78, 5) is 11.6. The van der Waals surface area contributed by atoms with Crippen LogP contribution in [0, 0.1) is 6.92 Å². The number of carbonyl (C=O) groups excluding carboxylic acids is 1. The first-order valence-electron chi connectivity index (χ1n) is 6.48. The van der Waals surface area contributed by atoms with Crippen LogP contribution in [0.25, 0.3) is 0 Å². The summed E-state index contributed by atoms with van der Waals surface area (Å²) in [7, 11) is 0. The maximum absolute atomic E-state index is 11.6. The first-order chi connectivity index (χ1) is 9.60. The average molecular weight is 288 g/mol. The quantitative estimate of drug-likeness (QED) is 0.345. The third-order valence-electron chi connectivity index (χ3n) is 2.84. The fourth-order valence-electron chi connectivity index (χ4n) is 1.80. The van der Waals surface area contributed by atoms with E-state index in [9.17, 15) is 4.79 Å². The molecule has 0 aliphatic rings. The van der Waals surface area contributed by atoms with E-state index >= 15 is 0 Å². The highest BCUT2D eigenvalue weighted by Gasteiger charge is 2.05. The summed E-state index contributed by atoms with van der Waals surface area (Å²) in [5.74, 6) is 0.617. The molecule has 0 saturated carbocycles. The molecule has 0 radical (unpaired) electrons. The molecule has 0 N–H and O–H groups in total. The van der Waals surface area contributed by atoms with Gasteiger partial charge in [0.25, 0.3) is 0 Å². The van der Waals surface area contributed by atoms with E-state index in [-0.39, 0.29) is 5.78 Å². The molecule has 1 aromatic carbocycles. The van der Waals surface area contributed by atoms with Crippen LogP contribution >= 0.6 is 12.6 Å². The molecule has 0 bridgehead atoms. The number of aryl methyl sites for hydroxylation is 1. The number of carbonyl (C=O) groups is 1. The van der Waals surface area contributed by atoms with Crippen LogP contribution in [-0.2, 0) is 0 Å². The number of hydrogen-bond acceptors (Lipinski definition) is 3. The molecule has 20 heavy (non-hydrogen) atoms. The smallest absolute Gasteiger partial charge is 0.185 e. The van der Waals surface area contributed by atoms with Crippen molar-refractivity contribution in [3.8, 4) is 5.75 Å². The molecule has 2 nitrogen and oxygen atoms in total. The Kier molecular flexibility index (Phi) is 6.88. The van der Waals surface area contributed by atoms with E-state index < -0.39 is 0 Å². The van der Waals surface area contributed by atoms with Crippen molar-refractivity contribution in [1.82, 2.24) is 0 Å². The third kappa shape index (κ3) is 5.10. The van der Waals surface area contributed by atoms with Gasteiger partial charge >= 0.3 is 0 Å². The number of ketones is 1. The maximum Gasteiger partial charge on any atom is 0.185 e. The van der Waals surface area contributed by atoms with Crippen molar-refractivity contribution in [3.63, 3.8) is 0 Å². The Balaban J connectivity index is 2.71. The zero-order chi connectivity index (χ0) is 15.0. The lowest BCUT2D eigenvalue weighted by molar-refractivity contribution is 0.104. The summed E-state index contributed by atoms with van der Waals surface area (Å²) in [6.45, 7) is 7.98. The molecule has 0 aliphatic carbocycles. The first kappa shape index (κ1) is 16.3. The molecule has 0 spiro atoms. The van der Waals surface area contributed by atoms with Crippen LogP contribution in [0.3, 0.4) is 0 Å². The second-order valence-electron chi connectivity index (χ2n) is 4.38. The molecule has 1 rings (SSSR count). The molecular weight excluding hydrogens is 268 g/mol. The lowest BCUT2D eigenvalue weighted by atomic mass is 10.1. The molecular formula is C17H20O2S. The van der Waals surface area contributed by atoms with Crippen molar-refractivity contribution in [3.05, 3.63) is 65.1 Å². The van der Waals surface area contributed by atoms with Gasteiger partial charge in [0.15, 0.2) is 5.78 Å². The van der Waals surface area contributed by atoms with Crippen molar-refractivity contribution >= 4 is 18.4 Å². The molecule has 0 unspecified atom stereocenters. The zero-order valence-electron chi connectivity index (χ0n) is 11.9. The fourth-order valence-corrected chi connectivity index (χ4v) is 1.99. The van der Waals surface area contributed by atoms with E-state index in [2.05, 4.69) is 19.2 Å². The van der Waals surface area contributed by atoms with Gasteiger partial charge in [0.2, 0.25) is 0 Å². The highest BCUT2D eigenvalue weighted by atomic mass is 32.1. The second kappa shape index (κ2) is 8.43. The zero-order valence-corrected chi connectivity index (χ0v) is 12.8. The van der Waals surface area contributed by atoms with Crippen LogP contribution in [0.5, 0.6) is 5.75 Å². The molecule has 0 saturated heterocycles. The summed E-state index contributed by atoms with van der Waals surface area (Å²) in [6, 6.07) is 5.50. The maximum atomic E-state index is 11.6. The van der Waals surface area contributed by atoms with Crippen LogP contribution in [0.2, 0.25) is 0 Å². The minimum atomic E-state index is -0.0919. The number of allylic oxidation sites excluding steroid dienone is 3. The molecule has 1 aromatic rings. The standard InChI is InChI=1S/C17H20O2S/c1-4-14(7-9-20)6-8-19-16-11-13(3)10-15(12-16)17(18)5-2/h4-5,7,9-12,20H,2,6,8H2,1,3H3/b9-7-,14-4-. The van der Waals surface area contributed by atoms with Crippen LogP contribution in [-0.4, -0.2) is 12.4 Å². The molecule has 0 atom stereocenters. The summed E-state index contributed by atoms with van der Waals surface area (Å²) in [5.41, 5.74) is 2.76. The van der Waals surface area contributed by atoms with Crippen LogP contribution in [0.4, 0.5) is 0 Å². The number of ether oxygens (including phenoxy) is 1. The van der Waals surface area contributed by atoms with E-state index in [0.29, 0.717) is 17.9 Å². The summed E-state index contributed by atoms with van der Waals surface area (Å²) >= 11 is 4.06. The molecule has 0 heterocycles. The van der Waals surface area contributed by atoms with Gasteiger partial charge in [-0.05, 0) is 54.7 Å². The summed E-state index contributed by atoms with van der Waals surface area (Å²) in [6.07, 6.45) is 6.08. The van der Waals surface area contributed by atoms with Crippen molar-refractivity contribution < 1.29 is 9.53 Å². The van der Waals surface area contributed by atoms with Crippen molar-refractivity contribution in [2.75, 3.05) is 6.61 Å². The van der Waals surface area contributed by atoms with Gasteiger partial charge in [0.05, 0.1) is 6.61 Å². The van der Waals surface area contributed by atoms with Gasteiger partial charge in [-0.25, -0.2) is 0 Å². The first-order valence-corrected chi connectivity index (χ1v) is 6.99. The van der Waals surface area contributed by atoms with E-state index in [0.717, 1.165) is 17.6 Å². The van der Waals surface area contributed by atoms with E-state index in [1.54, 1.807) is 11.5 Å². The molecule has 0 amide bonds. The normalized spacial score (nSPS) is 11.7. The highest BCUT2D eigenvalue weighted by Crippen LogP contribution is 2.18. The van der Waals surface area contributed by atoms with Crippen LogP contribution < -0.4 is 4.74 Å². The van der Waals surface area contributed by atoms with Crippen LogP contribution in [0.1, 0.15) is 29.3 Å². The molecule has 3 heteroatoms. The summed E-state index contributed by atoms with van der Waals surface area (Å²) in [5, 5.41) is 1.71. The van der Waals surface area contributed by atoms with Gasteiger partial charge in [0, 0.05) is 12.0 Å². The second-order valence-corrected chi connectivity index (χ2v) is 4.68. The number of benzene rings is 1. The van der Waals surface area contributed by atoms with E-state index in [1.807, 2.05) is 38.1 Å². The number of thiol groups is 1. The van der Waals surface area contributed by atoms with Gasteiger partial charge in [0.1, 0.15) is 5.75 Å². The number of hydrogen-bond donors (Lipinski definition) is 1. The fraction of sp³-hybridized carbons (Fsp3) is 0.235. The van der Waals surface area contributed by atoms with Crippen LogP contribution in [0.15, 0.2) is 54.0 Å². The topological polar surface area (TPSA) is 26.3 Å². The van der Waals surface area contributed by atoms with Gasteiger partial charge in [-0.2, -0.15) is 12.6 Å². The van der Waals surface area contributed by atoms with E-state index in [1.165, 1.54) is 6.08 Å². The van der Waals surface area contributed by atoms with Gasteiger partial charge in [-0.3, -0.25) is 4.79 Å². The molecule has 0 fully saturated rings. The largest absolute Gasteiger partial charge is 0.493 e. The lowest BCUT2D eigenvalue weighted by Gasteiger charge is -2.09. The Bertz CT molecular complexity index is 542. The Morgan fingerprint density at radius 1 is 1.40 bits per heavy atom. The minimum absolute atomic E-state index is 0.0919. The Hall–Kier alpha value is -1.74. The van der Waals surface area contributed by atoms with Gasteiger partial charge < -0.3 is 4.74 Å². The van der Waals surface area contributed by atoms with Gasteiger partial charge in [-0.1, -0.05) is 18.7 Å². The van der Waals surface area contributed by atoms with E-state index in [4.69, 9.17) is 4.74 Å². The SMILES string of the molecule is C=CC(=O)c1cc(C)cc(OCCC(/C=C\S)=C/C)c1. The molecule has 0 aliphatic heterocycles. The Labute approximate surface area is 126 Å². The minimum Gasteiger partial charge on any atom is -0.493 e. The predicted octanol–water partition coefficient (Wildman–Crippen LogP) is 4.52. The number of rotatable bonds is 7. The molecule has 106 valence electrons. The Morgan fingerprint density at radius 2 is 2.15 bits per heavy atom.